The molecular formula is C28H28ClN5O2. The molecule has 2 saturated heterocycles. The Hall–Kier alpha value is -3.63. The first-order chi connectivity index (χ1) is 17.5. The third-order valence-electron chi connectivity index (χ3n) is 7.05. The summed E-state index contributed by atoms with van der Waals surface area (Å²) in [6.45, 7) is 2.52. The van der Waals surface area contributed by atoms with Gasteiger partial charge in [0, 0.05) is 55.0 Å². The molecule has 2 aliphatic heterocycles. The minimum Gasteiger partial charge on any atom is -0.379 e. The van der Waals surface area contributed by atoms with E-state index in [4.69, 9.17) is 11.6 Å². The molecule has 0 unspecified atom stereocenters. The van der Waals surface area contributed by atoms with E-state index in [1.165, 1.54) is 0 Å². The van der Waals surface area contributed by atoms with Crippen molar-refractivity contribution in [2.75, 3.05) is 31.5 Å². The monoisotopic (exact) mass is 501 g/mol. The SMILES string of the molecule is N#Cc1cc(Cl)cc(C(=O)N2CCCCC2)c1N[C@@H]1CCCN(C(=O)c2cncc3ccccc23)C1. The van der Waals surface area contributed by atoms with Gasteiger partial charge in [0.05, 0.1) is 22.4 Å². The Labute approximate surface area is 215 Å². The topological polar surface area (TPSA) is 89.3 Å². The molecule has 1 N–H and O–H groups in total. The zero-order valence-corrected chi connectivity index (χ0v) is 20.8. The molecule has 0 aliphatic carbocycles. The standard InChI is InChI=1S/C28H28ClN5O2/c29-21-13-20(15-30)26(24(14-21)27(35)33-10-4-1-5-11-33)32-22-8-6-12-34(18-22)28(36)25-17-31-16-19-7-2-3-9-23(19)25/h2-3,7,9,13-14,16-17,22,32H,1,4-6,8,10-12,18H2/t22-/m1/s1. The van der Waals surface area contributed by atoms with Gasteiger partial charge in [0.1, 0.15) is 6.07 Å². The average molecular weight is 502 g/mol. The van der Waals surface area contributed by atoms with Crippen molar-refractivity contribution in [2.24, 2.45) is 0 Å². The van der Waals surface area contributed by atoms with Crippen molar-refractivity contribution in [3.63, 3.8) is 0 Å². The second kappa shape index (κ2) is 10.5. The number of halogens is 1. The van der Waals surface area contributed by atoms with E-state index in [0.717, 1.165) is 42.9 Å². The van der Waals surface area contributed by atoms with E-state index in [-0.39, 0.29) is 17.9 Å². The summed E-state index contributed by atoms with van der Waals surface area (Å²) in [5.74, 6) is -0.172. The number of nitriles is 1. The molecule has 2 fully saturated rings. The maximum atomic E-state index is 13.5. The van der Waals surface area contributed by atoms with Crippen LogP contribution in [-0.4, -0.2) is 58.8 Å². The van der Waals surface area contributed by atoms with Gasteiger partial charge in [-0.15, -0.1) is 0 Å². The molecule has 0 saturated carbocycles. The lowest BCUT2D eigenvalue weighted by Gasteiger charge is -2.35. The normalized spacial score (nSPS) is 18.1. The summed E-state index contributed by atoms with van der Waals surface area (Å²) in [6.07, 6.45) is 8.09. The second-order valence-corrected chi connectivity index (χ2v) is 9.92. The minimum absolute atomic E-state index is 0.0629. The van der Waals surface area contributed by atoms with E-state index in [9.17, 15) is 14.9 Å². The van der Waals surface area contributed by atoms with Gasteiger partial charge in [-0.05, 0) is 49.6 Å². The van der Waals surface area contributed by atoms with Crippen molar-refractivity contribution in [3.05, 3.63) is 70.5 Å². The van der Waals surface area contributed by atoms with Gasteiger partial charge in [-0.1, -0.05) is 35.9 Å². The summed E-state index contributed by atoms with van der Waals surface area (Å²) in [6, 6.07) is 13.1. The molecule has 36 heavy (non-hydrogen) atoms. The maximum Gasteiger partial charge on any atom is 0.256 e. The molecule has 0 spiro atoms. The number of nitrogens with zero attached hydrogens (tertiary/aromatic N) is 4. The van der Waals surface area contributed by atoms with E-state index in [1.54, 1.807) is 24.5 Å². The first kappa shape index (κ1) is 24.1. The van der Waals surface area contributed by atoms with Crippen LogP contribution in [0, 0.1) is 11.3 Å². The number of carbonyl (C=O) groups is 2. The third-order valence-corrected chi connectivity index (χ3v) is 7.27. The number of carbonyl (C=O) groups excluding carboxylic acids is 2. The van der Waals surface area contributed by atoms with Gasteiger partial charge in [-0.25, -0.2) is 0 Å². The van der Waals surface area contributed by atoms with Gasteiger partial charge in [0.15, 0.2) is 0 Å². The highest BCUT2D eigenvalue weighted by Crippen LogP contribution is 2.30. The summed E-state index contributed by atoms with van der Waals surface area (Å²) in [7, 11) is 0. The van der Waals surface area contributed by atoms with E-state index in [2.05, 4.69) is 16.4 Å². The number of anilines is 1. The van der Waals surface area contributed by atoms with Crippen molar-refractivity contribution in [1.82, 2.24) is 14.8 Å². The summed E-state index contributed by atoms with van der Waals surface area (Å²) in [5.41, 5.74) is 1.84. The Balaban J connectivity index is 1.40. The number of piperidine rings is 2. The molecule has 184 valence electrons. The Morgan fingerprint density at radius 1 is 0.972 bits per heavy atom. The maximum absolute atomic E-state index is 13.5. The molecule has 3 heterocycles. The smallest absolute Gasteiger partial charge is 0.256 e. The number of hydrogen-bond acceptors (Lipinski definition) is 5. The number of aromatic nitrogens is 1. The highest BCUT2D eigenvalue weighted by Gasteiger charge is 2.29. The Morgan fingerprint density at radius 3 is 2.53 bits per heavy atom. The highest BCUT2D eigenvalue weighted by molar-refractivity contribution is 6.31. The average Bonchev–Trinajstić information content (AvgIpc) is 2.93. The molecule has 1 aromatic heterocycles. The number of nitrogens with one attached hydrogen (secondary N) is 1. The molecule has 7 nitrogen and oxygen atoms in total. The molecule has 2 aromatic carbocycles. The van der Waals surface area contributed by atoms with Crippen LogP contribution in [0.2, 0.25) is 5.02 Å². The Kier molecular flexibility index (Phi) is 7.06. The van der Waals surface area contributed by atoms with Crippen LogP contribution in [0.25, 0.3) is 10.8 Å². The fourth-order valence-corrected chi connectivity index (χ4v) is 5.45. The fourth-order valence-electron chi connectivity index (χ4n) is 5.23. The second-order valence-electron chi connectivity index (χ2n) is 9.48. The molecule has 5 rings (SSSR count). The van der Waals surface area contributed by atoms with Crippen LogP contribution >= 0.6 is 11.6 Å². The zero-order valence-electron chi connectivity index (χ0n) is 20.0. The van der Waals surface area contributed by atoms with Crippen molar-refractivity contribution < 1.29 is 9.59 Å². The van der Waals surface area contributed by atoms with Gasteiger partial charge in [0.2, 0.25) is 0 Å². The van der Waals surface area contributed by atoms with Crippen LogP contribution in [-0.2, 0) is 0 Å². The van der Waals surface area contributed by atoms with Gasteiger partial charge in [-0.3, -0.25) is 14.6 Å². The van der Waals surface area contributed by atoms with Gasteiger partial charge >= 0.3 is 0 Å². The summed E-state index contributed by atoms with van der Waals surface area (Å²) in [4.78, 5) is 34.8. The van der Waals surface area contributed by atoms with E-state index < -0.39 is 0 Å². The number of likely N-dealkylation sites (tertiary alicyclic amines) is 2. The molecule has 0 bridgehead atoms. The first-order valence-electron chi connectivity index (χ1n) is 12.5. The van der Waals surface area contributed by atoms with Crippen LogP contribution in [0.4, 0.5) is 5.69 Å². The third kappa shape index (κ3) is 4.87. The van der Waals surface area contributed by atoms with Gasteiger partial charge in [-0.2, -0.15) is 5.26 Å². The molecule has 1 atom stereocenters. The van der Waals surface area contributed by atoms with Crippen LogP contribution < -0.4 is 5.32 Å². The van der Waals surface area contributed by atoms with Gasteiger partial charge in [0.25, 0.3) is 11.8 Å². The summed E-state index contributed by atoms with van der Waals surface area (Å²) >= 11 is 6.30. The Bertz CT molecular complexity index is 1340. The van der Waals surface area contributed by atoms with Crippen LogP contribution in [0.1, 0.15) is 58.4 Å². The van der Waals surface area contributed by atoms with Crippen molar-refractivity contribution in [3.8, 4) is 6.07 Å². The fraction of sp³-hybridized carbons (Fsp3) is 0.357. The number of benzene rings is 2. The van der Waals surface area contributed by atoms with E-state index in [0.29, 0.717) is 53.6 Å². The van der Waals surface area contributed by atoms with E-state index in [1.807, 2.05) is 34.1 Å². The zero-order chi connectivity index (χ0) is 25.1. The lowest BCUT2D eigenvalue weighted by molar-refractivity contribution is 0.0708. The highest BCUT2D eigenvalue weighted by atomic mass is 35.5. The largest absolute Gasteiger partial charge is 0.379 e. The van der Waals surface area contributed by atoms with Crippen LogP contribution in [0.5, 0.6) is 0 Å². The van der Waals surface area contributed by atoms with Crippen molar-refractivity contribution >= 4 is 39.9 Å². The van der Waals surface area contributed by atoms with Crippen molar-refractivity contribution in [2.45, 2.75) is 38.1 Å². The predicted octanol–water partition coefficient (Wildman–Crippen LogP) is 5.10. The predicted molar refractivity (Wildman–Crippen MR) is 140 cm³/mol. The summed E-state index contributed by atoms with van der Waals surface area (Å²) < 4.78 is 0. The quantitative estimate of drug-likeness (QED) is 0.537. The van der Waals surface area contributed by atoms with Gasteiger partial charge < -0.3 is 15.1 Å². The summed E-state index contributed by atoms with van der Waals surface area (Å²) in [5, 5.41) is 15.5. The molecular weight excluding hydrogens is 474 g/mol. The number of fused-ring (bicyclic) bond motifs is 1. The van der Waals surface area contributed by atoms with E-state index >= 15 is 0 Å². The molecule has 0 radical (unpaired) electrons. The number of hydrogen-bond donors (Lipinski definition) is 1. The number of pyridine rings is 1. The number of rotatable bonds is 4. The molecule has 8 heteroatoms. The van der Waals surface area contributed by atoms with Crippen LogP contribution in [0.15, 0.2) is 48.8 Å². The lowest BCUT2D eigenvalue weighted by atomic mass is 10.00. The minimum atomic E-state index is -0.109. The molecule has 2 amide bonds. The van der Waals surface area contributed by atoms with Crippen molar-refractivity contribution in [1.29, 1.82) is 5.26 Å². The molecule has 2 aliphatic rings. The molecule has 3 aromatic rings. The Morgan fingerprint density at radius 2 is 1.72 bits per heavy atom. The lowest BCUT2D eigenvalue weighted by Crippen LogP contribution is -2.45. The number of amides is 2. The first-order valence-corrected chi connectivity index (χ1v) is 12.8. The van der Waals surface area contributed by atoms with Crippen LogP contribution in [0.3, 0.4) is 0 Å².